The molecule has 1 fully saturated rings. The SMILES string of the molecule is CCCC/C(=N\C=C(/C)c1ccc(NC(=O)NCc2ccccn2)cc1N(O)NC(C)(C)C)C1CCCCC1. The smallest absolute Gasteiger partial charge is 0.319 e. The van der Waals surface area contributed by atoms with E-state index in [-0.39, 0.29) is 11.6 Å². The molecule has 1 aromatic carbocycles. The first-order valence-electron chi connectivity index (χ1n) is 14.3. The van der Waals surface area contributed by atoms with Gasteiger partial charge in [0, 0.05) is 34.9 Å². The number of benzene rings is 1. The molecular formula is C31H46N6O2. The van der Waals surface area contributed by atoms with Gasteiger partial charge < -0.3 is 10.6 Å². The first-order valence-corrected chi connectivity index (χ1v) is 14.3. The molecule has 3 rings (SSSR count). The van der Waals surface area contributed by atoms with Crippen LogP contribution in [0.2, 0.25) is 0 Å². The molecule has 0 radical (unpaired) electrons. The van der Waals surface area contributed by atoms with Gasteiger partial charge in [-0.1, -0.05) is 44.7 Å². The number of anilines is 2. The van der Waals surface area contributed by atoms with Crippen LogP contribution in [-0.2, 0) is 6.54 Å². The number of allylic oxidation sites excluding steroid dienone is 1. The molecule has 0 bridgehead atoms. The lowest BCUT2D eigenvalue weighted by atomic mass is 9.84. The maximum Gasteiger partial charge on any atom is 0.319 e. The Morgan fingerprint density at radius 2 is 1.95 bits per heavy atom. The Balaban J connectivity index is 1.84. The van der Waals surface area contributed by atoms with Crippen LogP contribution in [0, 0.1) is 5.92 Å². The summed E-state index contributed by atoms with van der Waals surface area (Å²) in [7, 11) is 0. The summed E-state index contributed by atoms with van der Waals surface area (Å²) < 4.78 is 0. The van der Waals surface area contributed by atoms with E-state index in [9.17, 15) is 10.0 Å². The fourth-order valence-electron chi connectivity index (χ4n) is 4.76. The molecule has 2 amide bonds. The van der Waals surface area contributed by atoms with Gasteiger partial charge in [0.15, 0.2) is 0 Å². The summed E-state index contributed by atoms with van der Waals surface area (Å²) in [5, 5.41) is 17.7. The van der Waals surface area contributed by atoms with Gasteiger partial charge in [0.2, 0.25) is 0 Å². The average molecular weight is 535 g/mol. The van der Waals surface area contributed by atoms with Crippen molar-refractivity contribution in [1.29, 1.82) is 0 Å². The van der Waals surface area contributed by atoms with Crippen LogP contribution in [0.15, 0.2) is 53.8 Å². The Hall–Kier alpha value is -3.23. The van der Waals surface area contributed by atoms with Crippen molar-refractivity contribution in [2.24, 2.45) is 10.9 Å². The van der Waals surface area contributed by atoms with E-state index in [2.05, 4.69) is 28.0 Å². The fraction of sp³-hybridized carbons (Fsp3) is 0.516. The van der Waals surface area contributed by atoms with Gasteiger partial charge in [-0.15, -0.1) is 0 Å². The van der Waals surface area contributed by atoms with Crippen molar-refractivity contribution in [3.8, 4) is 0 Å². The van der Waals surface area contributed by atoms with Crippen LogP contribution >= 0.6 is 0 Å². The maximum absolute atomic E-state index is 12.6. The Morgan fingerprint density at radius 1 is 1.18 bits per heavy atom. The average Bonchev–Trinajstić information content (AvgIpc) is 2.92. The Morgan fingerprint density at radius 3 is 2.62 bits per heavy atom. The number of nitrogens with zero attached hydrogens (tertiary/aromatic N) is 3. The molecule has 1 aliphatic carbocycles. The van der Waals surface area contributed by atoms with Gasteiger partial charge in [0.25, 0.3) is 0 Å². The predicted molar refractivity (Wildman–Crippen MR) is 161 cm³/mol. The molecule has 1 aliphatic rings. The van der Waals surface area contributed by atoms with E-state index in [0.717, 1.165) is 41.3 Å². The number of pyridine rings is 1. The first-order chi connectivity index (χ1) is 18.7. The third-order valence-electron chi connectivity index (χ3n) is 6.79. The number of nitrogens with one attached hydrogen (secondary N) is 3. The van der Waals surface area contributed by atoms with Crippen molar-refractivity contribution in [1.82, 2.24) is 15.7 Å². The summed E-state index contributed by atoms with van der Waals surface area (Å²) in [6.45, 7) is 10.5. The second-order valence-corrected chi connectivity index (χ2v) is 11.4. The van der Waals surface area contributed by atoms with Crippen LogP contribution in [0.25, 0.3) is 5.57 Å². The number of urea groups is 1. The van der Waals surface area contributed by atoms with Crippen LogP contribution in [0.3, 0.4) is 0 Å². The van der Waals surface area contributed by atoms with Gasteiger partial charge in [0.1, 0.15) is 0 Å². The highest BCUT2D eigenvalue weighted by molar-refractivity contribution is 5.91. The normalized spacial score (nSPS) is 15.2. The number of aliphatic imine (C=N–C) groups is 1. The van der Waals surface area contributed by atoms with Gasteiger partial charge in [-0.05, 0) is 89.1 Å². The van der Waals surface area contributed by atoms with Gasteiger partial charge in [0.05, 0.1) is 17.9 Å². The van der Waals surface area contributed by atoms with Crippen molar-refractivity contribution in [3.63, 3.8) is 0 Å². The standard InChI is InChI=1S/C31H46N6O2/c1-6-7-16-28(24-13-9-8-10-14-24)33-21-23(2)27-18-17-25(20-29(27)37(39)36-31(3,4)5)35-30(38)34-22-26-15-11-12-19-32-26/h11-12,15,17-21,24,36,39H,6-10,13-14,16,22H2,1-5H3,(H2,34,35,38)/b23-21+,33-28+. The number of hydrogen-bond donors (Lipinski definition) is 4. The summed E-state index contributed by atoms with van der Waals surface area (Å²) in [6.07, 6.45) is 13.3. The van der Waals surface area contributed by atoms with E-state index >= 15 is 0 Å². The molecule has 8 heteroatoms. The number of unbranched alkanes of at least 4 members (excludes halogenated alkanes) is 1. The van der Waals surface area contributed by atoms with E-state index < -0.39 is 0 Å². The zero-order valence-electron chi connectivity index (χ0n) is 24.3. The highest BCUT2D eigenvalue weighted by Gasteiger charge is 2.20. The van der Waals surface area contributed by atoms with Crippen molar-refractivity contribution < 1.29 is 10.0 Å². The number of amides is 2. The first kappa shape index (κ1) is 30.3. The van der Waals surface area contributed by atoms with Gasteiger partial charge in [-0.25, -0.2) is 10.2 Å². The third-order valence-corrected chi connectivity index (χ3v) is 6.79. The molecule has 4 N–H and O–H groups in total. The number of hydrazine groups is 1. The Labute approximate surface area is 233 Å². The second kappa shape index (κ2) is 14.8. The summed E-state index contributed by atoms with van der Waals surface area (Å²) in [5.74, 6) is 0.571. The fourth-order valence-corrected chi connectivity index (χ4v) is 4.76. The van der Waals surface area contributed by atoms with Gasteiger partial charge >= 0.3 is 6.03 Å². The van der Waals surface area contributed by atoms with Crippen molar-refractivity contribution >= 4 is 28.7 Å². The van der Waals surface area contributed by atoms with Gasteiger partial charge in [-0.2, -0.15) is 5.17 Å². The quantitative estimate of drug-likeness (QED) is 0.177. The van der Waals surface area contributed by atoms with Crippen LogP contribution in [0.1, 0.15) is 97.2 Å². The second-order valence-electron chi connectivity index (χ2n) is 11.4. The Bertz CT molecular complexity index is 1120. The molecule has 1 saturated carbocycles. The number of rotatable bonds is 11. The lowest BCUT2D eigenvalue weighted by Gasteiger charge is -2.29. The molecule has 1 heterocycles. The van der Waals surface area contributed by atoms with Crippen LogP contribution < -0.4 is 21.2 Å². The maximum atomic E-state index is 12.6. The number of hydrogen-bond acceptors (Lipinski definition) is 6. The predicted octanol–water partition coefficient (Wildman–Crippen LogP) is 7.47. The number of carbonyl (C=O) groups excluding carboxylic acids is 1. The van der Waals surface area contributed by atoms with Crippen LogP contribution in [-0.4, -0.2) is 27.5 Å². The van der Waals surface area contributed by atoms with Gasteiger partial charge in [-0.3, -0.25) is 15.2 Å². The van der Waals surface area contributed by atoms with Crippen molar-refractivity contribution in [2.75, 3.05) is 10.5 Å². The summed E-state index contributed by atoms with van der Waals surface area (Å²) in [5.41, 5.74) is 7.65. The van der Waals surface area contributed by atoms with Crippen LogP contribution in [0.5, 0.6) is 0 Å². The molecule has 0 saturated heterocycles. The zero-order chi connectivity index (χ0) is 28.3. The van der Waals surface area contributed by atoms with E-state index in [1.165, 1.54) is 37.8 Å². The summed E-state index contributed by atoms with van der Waals surface area (Å²) in [6, 6.07) is 10.7. The Kier molecular flexibility index (Phi) is 11.5. The molecule has 2 aromatic rings. The molecule has 212 valence electrons. The van der Waals surface area contributed by atoms with Crippen molar-refractivity contribution in [3.05, 3.63) is 60.1 Å². The highest BCUT2D eigenvalue weighted by Crippen LogP contribution is 2.31. The molecule has 0 spiro atoms. The molecule has 0 aliphatic heterocycles. The summed E-state index contributed by atoms with van der Waals surface area (Å²) in [4.78, 5) is 21.8. The minimum absolute atomic E-state index is 0.316. The molecule has 1 aromatic heterocycles. The molecule has 0 atom stereocenters. The monoisotopic (exact) mass is 534 g/mol. The molecule has 0 unspecified atom stereocenters. The van der Waals surface area contributed by atoms with Crippen LogP contribution in [0.4, 0.5) is 16.2 Å². The highest BCUT2D eigenvalue weighted by atomic mass is 16.5. The lowest BCUT2D eigenvalue weighted by molar-refractivity contribution is 0.173. The van der Waals surface area contributed by atoms with Crippen molar-refractivity contribution in [2.45, 2.75) is 98.1 Å². The van der Waals surface area contributed by atoms with E-state index in [1.54, 1.807) is 12.3 Å². The molecule has 39 heavy (non-hydrogen) atoms. The molecular weight excluding hydrogens is 488 g/mol. The zero-order valence-corrected chi connectivity index (χ0v) is 24.3. The minimum Gasteiger partial charge on any atom is -0.332 e. The van der Waals surface area contributed by atoms with E-state index in [1.807, 2.05) is 64.2 Å². The minimum atomic E-state index is -0.375. The van der Waals surface area contributed by atoms with E-state index in [4.69, 9.17) is 4.99 Å². The third kappa shape index (κ3) is 10.1. The number of aromatic nitrogens is 1. The number of carbonyl (C=O) groups is 1. The lowest BCUT2D eigenvalue weighted by Crippen LogP contribution is -2.48. The largest absolute Gasteiger partial charge is 0.332 e. The summed E-state index contributed by atoms with van der Waals surface area (Å²) >= 11 is 0. The molecule has 8 nitrogen and oxygen atoms in total. The topological polar surface area (TPSA) is 102 Å². The van der Waals surface area contributed by atoms with E-state index in [0.29, 0.717) is 23.8 Å².